The van der Waals surface area contributed by atoms with Gasteiger partial charge in [-0.3, -0.25) is 19.7 Å². The second-order valence-electron chi connectivity index (χ2n) is 7.48. The maximum atomic E-state index is 12.9. The Labute approximate surface area is 204 Å². The van der Waals surface area contributed by atoms with E-state index in [9.17, 15) is 24.8 Å². The van der Waals surface area contributed by atoms with Crippen molar-refractivity contribution in [1.82, 2.24) is 10.3 Å². The van der Waals surface area contributed by atoms with Gasteiger partial charge < -0.3 is 15.4 Å². The molecule has 0 radical (unpaired) electrons. The third-order valence-corrected chi connectivity index (χ3v) is 5.05. The zero-order chi connectivity index (χ0) is 25.5. The maximum absolute atomic E-state index is 12.9. The summed E-state index contributed by atoms with van der Waals surface area (Å²) in [6.45, 7) is 0. The number of H-pyrrole nitrogens is 1. The lowest BCUT2D eigenvalue weighted by Gasteiger charge is -2.05. The van der Waals surface area contributed by atoms with Gasteiger partial charge in [0.2, 0.25) is 5.88 Å². The van der Waals surface area contributed by atoms with Gasteiger partial charge in [0.25, 0.3) is 11.6 Å². The summed E-state index contributed by atoms with van der Waals surface area (Å²) in [5, 5.41) is 31.5. The molecule has 1 heterocycles. The zero-order valence-corrected chi connectivity index (χ0v) is 18.7. The summed E-state index contributed by atoms with van der Waals surface area (Å²) in [6, 6.07) is 21.5. The number of fused-ring (bicyclic) bond motifs is 1. The summed E-state index contributed by atoms with van der Waals surface area (Å²) < 4.78 is 0. The first-order valence-electron chi connectivity index (χ1n) is 10.7. The van der Waals surface area contributed by atoms with E-state index in [1.54, 1.807) is 42.5 Å². The Balaban J connectivity index is 1.64. The molecule has 0 unspecified atom stereocenters. The van der Waals surface area contributed by atoms with Crippen LogP contribution in [0.2, 0.25) is 0 Å². The van der Waals surface area contributed by atoms with E-state index >= 15 is 0 Å². The standard InChI is InChI=1S/C26H19N5O5/c32-24(18-11-5-2-6-12-18)28-22(13-7-10-17-8-3-1-4-9-17)25(33)30-29-23-20-16-19(31(35)36)14-15-21(20)27-26(23)34/h1-16,27,34H,(H,28,32)/b10-7+,22-13-,30-29?. The molecule has 0 saturated heterocycles. The van der Waals surface area contributed by atoms with Gasteiger partial charge in [-0.2, -0.15) is 0 Å². The smallest absolute Gasteiger partial charge is 0.311 e. The molecule has 2 amide bonds. The Morgan fingerprint density at radius 1 is 1.00 bits per heavy atom. The molecule has 36 heavy (non-hydrogen) atoms. The van der Waals surface area contributed by atoms with Crippen molar-refractivity contribution < 1.29 is 19.6 Å². The van der Waals surface area contributed by atoms with Crippen molar-refractivity contribution in [3.05, 3.63) is 118 Å². The third kappa shape index (κ3) is 5.57. The van der Waals surface area contributed by atoms with Crippen LogP contribution in [0.1, 0.15) is 15.9 Å². The van der Waals surface area contributed by atoms with Crippen LogP contribution < -0.4 is 5.32 Å². The number of carbonyl (C=O) groups is 2. The number of aromatic hydroxyl groups is 1. The molecular weight excluding hydrogens is 462 g/mol. The second kappa shape index (κ2) is 10.7. The van der Waals surface area contributed by atoms with Crippen LogP contribution in [0.15, 0.2) is 107 Å². The Hall–Kier alpha value is -5.38. The fraction of sp³-hybridized carbons (Fsp3) is 0. The Kier molecular flexibility index (Phi) is 7.06. The van der Waals surface area contributed by atoms with E-state index in [4.69, 9.17) is 0 Å². The number of carbonyl (C=O) groups excluding carboxylic acids is 2. The molecule has 3 N–H and O–H groups in total. The van der Waals surface area contributed by atoms with E-state index in [0.29, 0.717) is 11.1 Å². The fourth-order valence-electron chi connectivity index (χ4n) is 3.29. The number of nitro benzene ring substituents is 1. The second-order valence-corrected chi connectivity index (χ2v) is 7.48. The highest BCUT2D eigenvalue weighted by atomic mass is 16.6. The van der Waals surface area contributed by atoms with Crippen LogP contribution in [-0.4, -0.2) is 26.8 Å². The first-order chi connectivity index (χ1) is 17.4. The van der Waals surface area contributed by atoms with Crippen molar-refractivity contribution in [2.24, 2.45) is 10.2 Å². The quantitative estimate of drug-likeness (QED) is 0.106. The summed E-state index contributed by atoms with van der Waals surface area (Å²) in [7, 11) is 0. The Morgan fingerprint density at radius 2 is 1.69 bits per heavy atom. The van der Waals surface area contributed by atoms with Crippen LogP contribution in [0.4, 0.5) is 11.4 Å². The molecule has 0 atom stereocenters. The van der Waals surface area contributed by atoms with Gasteiger partial charge in [0.05, 0.1) is 10.4 Å². The largest absolute Gasteiger partial charge is 0.493 e. The number of non-ortho nitro benzene ring substituents is 1. The molecule has 4 rings (SSSR count). The topological polar surface area (TPSA) is 150 Å². The number of rotatable bonds is 7. The van der Waals surface area contributed by atoms with Crippen molar-refractivity contribution in [2.45, 2.75) is 0 Å². The van der Waals surface area contributed by atoms with Gasteiger partial charge in [0, 0.05) is 23.1 Å². The van der Waals surface area contributed by atoms with Gasteiger partial charge in [0.15, 0.2) is 5.69 Å². The Bertz CT molecular complexity index is 1520. The molecule has 0 saturated carbocycles. The normalized spacial score (nSPS) is 11.8. The SMILES string of the molecule is O=C(N=Nc1c(O)[nH]c2ccc([N+](=O)[O-])cc12)/C(=C/C=C/c1ccccc1)NC(=O)c1ccccc1. The molecule has 0 spiro atoms. The monoisotopic (exact) mass is 481 g/mol. The average Bonchev–Trinajstić information content (AvgIpc) is 3.21. The van der Waals surface area contributed by atoms with Crippen molar-refractivity contribution in [3.63, 3.8) is 0 Å². The van der Waals surface area contributed by atoms with Crippen LogP contribution in [0.3, 0.4) is 0 Å². The lowest BCUT2D eigenvalue weighted by molar-refractivity contribution is -0.384. The van der Waals surface area contributed by atoms with Gasteiger partial charge in [-0.25, -0.2) is 0 Å². The Morgan fingerprint density at radius 3 is 2.39 bits per heavy atom. The lowest BCUT2D eigenvalue weighted by Crippen LogP contribution is -2.26. The number of aromatic amines is 1. The minimum atomic E-state index is -0.892. The molecule has 3 aromatic carbocycles. The number of amides is 2. The number of azo groups is 1. The van der Waals surface area contributed by atoms with Crippen LogP contribution >= 0.6 is 0 Å². The molecule has 4 aromatic rings. The third-order valence-electron chi connectivity index (χ3n) is 5.05. The molecule has 0 bridgehead atoms. The molecule has 0 fully saturated rings. The van der Waals surface area contributed by atoms with Gasteiger partial charge in [-0.1, -0.05) is 60.7 Å². The number of hydrogen-bond donors (Lipinski definition) is 3. The van der Waals surface area contributed by atoms with E-state index in [1.165, 1.54) is 24.3 Å². The molecule has 0 aliphatic carbocycles. The van der Waals surface area contributed by atoms with Crippen molar-refractivity contribution in [2.75, 3.05) is 0 Å². The van der Waals surface area contributed by atoms with E-state index in [0.717, 1.165) is 5.56 Å². The summed E-state index contributed by atoms with van der Waals surface area (Å²) in [4.78, 5) is 38.7. The number of hydrogen-bond acceptors (Lipinski definition) is 6. The van der Waals surface area contributed by atoms with Gasteiger partial charge in [0.1, 0.15) is 5.70 Å². The number of allylic oxidation sites excluding steroid dienone is 2. The predicted octanol–water partition coefficient (Wildman–Crippen LogP) is 5.42. The number of benzene rings is 3. The van der Waals surface area contributed by atoms with Crippen molar-refractivity contribution >= 4 is 40.2 Å². The molecule has 10 nitrogen and oxygen atoms in total. The van der Waals surface area contributed by atoms with E-state index in [2.05, 4.69) is 20.5 Å². The minimum absolute atomic E-state index is 0.143. The first-order valence-corrected chi connectivity index (χ1v) is 10.7. The van der Waals surface area contributed by atoms with Crippen LogP contribution in [0.25, 0.3) is 17.0 Å². The van der Waals surface area contributed by atoms with Gasteiger partial charge >= 0.3 is 5.91 Å². The summed E-state index contributed by atoms with van der Waals surface area (Å²) in [5.41, 5.74) is 1.06. The number of aromatic nitrogens is 1. The molecular formula is C26H19N5O5. The van der Waals surface area contributed by atoms with E-state index < -0.39 is 22.6 Å². The van der Waals surface area contributed by atoms with Crippen LogP contribution in [0, 0.1) is 10.1 Å². The molecule has 10 heteroatoms. The summed E-state index contributed by atoms with van der Waals surface area (Å²) in [5.74, 6) is -1.83. The number of nitrogens with zero attached hydrogens (tertiary/aromatic N) is 3. The van der Waals surface area contributed by atoms with Crippen LogP contribution in [0.5, 0.6) is 5.88 Å². The molecule has 178 valence electrons. The lowest BCUT2D eigenvalue weighted by atomic mass is 10.2. The number of nitrogens with one attached hydrogen (secondary N) is 2. The first kappa shape index (κ1) is 23.8. The average molecular weight is 481 g/mol. The van der Waals surface area contributed by atoms with E-state index in [1.807, 2.05) is 30.3 Å². The fourth-order valence-corrected chi connectivity index (χ4v) is 3.29. The highest BCUT2D eigenvalue weighted by molar-refractivity contribution is 6.03. The van der Waals surface area contributed by atoms with Crippen molar-refractivity contribution in [3.8, 4) is 5.88 Å². The molecule has 0 aliphatic rings. The van der Waals surface area contributed by atoms with E-state index in [-0.39, 0.29) is 22.5 Å². The zero-order valence-electron chi connectivity index (χ0n) is 18.7. The molecule has 0 aliphatic heterocycles. The highest BCUT2D eigenvalue weighted by Crippen LogP contribution is 2.37. The van der Waals surface area contributed by atoms with Gasteiger partial charge in [-0.15, -0.1) is 10.2 Å². The highest BCUT2D eigenvalue weighted by Gasteiger charge is 2.17. The summed E-state index contributed by atoms with van der Waals surface area (Å²) in [6.07, 6.45) is 4.70. The predicted molar refractivity (Wildman–Crippen MR) is 134 cm³/mol. The van der Waals surface area contributed by atoms with Crippen LogP contribution in [-0.2, 0) is 4.79 Å². The van der Waals surface area contributed by atoms with Gasteiger partial charge in [-0.05, 0) is 29.8 Å². The number of nitro groups is 1. The molecule has 1 aromatic heterocycles. The summed E-state index contributed by atoms with van der Waals surface area (Å²) >= 11 is 0. The van der Waals surface area contributed by atoms with Crippen molar-refractivity contribution in [1.29, 1.82) is 0 Å². The minimum Gasteiger partial charge on any atom is -0.493 e. The maximum Gasteiger partial charge on any atom is 0.311 e.